The molecule has 1 amide bonds. The number of thioether (sulfide) groups is 1. The second-order valence-corrected chi connectivity index (χ2v) is 8.02. The van der Waals surface area contributed by atoms with E-state index in [1.54, 1.807) is 11.8 Å². The van der Waals surface area contributed by atoms with Crippen molar-refractivity contribution < 1.29 is 9.53 Å². The molecule has 1 saturated heterocycles. The van der Waals surface area contributed by atoms with Gasteiger partial charge < -0.3 is 10.1 Å². The highest BCUT2D eigenvalue weighted by molar-refractivity contribution is 8.00. The van der Waals surface area contributed by atoms with Crippen LogP contribution in [0.25, 0.3) is 0 Å². The number of amides is 1. The maximum Gasteiger partial charge on any atom is 0.230 e. The lowest BCUT2D eigenvalue weighted by atomic mass is 10.1. The van der Waals surface area contributed by atoms with E-state index in [4.69, 9.17) is 4.74 Å². The Morgan fingerprint density at radius 2 is 1.81 bits per heavy atom. The van der Waals surface area contributed by atoms with Crippen LogP contribution in [0, 0.1) is 13.8 Å². The maximum atomic E-state index is 12.3. The fourth-order valence-electron chi connectivity index (χ4n) is 3.08. The first-order valence-electron chi connectivity index (χ1n) is 9.45. The van der Waals surface area contributed by atoms with E-state index in [-0.39, 0.29) is 5.91 Å². The van der Waals surface area contributed by atoms with E-state index in [0.29, 0.717) is 12.3 Å². The highest BCUT2D eigenvalue weighted by atomic mass is 32.2. The summed E-state index contributed by atoms with van der Waals surface area (Å²) in [6, 6.07) is 14.7. The molecule has 3 rings (SSSR count). The van der Waals surface area contributed by atoms with Crippen molar-refractivity contribution in [3.8, 4) is 0 Å². The van der Waals surface area contributed by atoms with Gasteiger partial charge in [-0.2, -0.15) is 0 Å². The standard InChI is InChI=1S/C22H28N2O2S/c1-17-7-8-21(13-18(17)2)27-16-22(25)23-14-19-5-3-4-6-20(19)15-24-9-11-26-12-10-24/h3-8,13H,9-12,14-16H2,1-2H3,(H,23,25). The SMILES string of the molecule is Cc1ccc(SCC(=O)NCc2ccccc2CN2CCOCC2)cc1C. The van der Waals surface area contributed by atoms with Crippen LogP contribution in [0.4, 0.5) is 0 Å². The smallest absolute Gasteiger partial charge is 0.230 e. The van der Waals surface area contributed by atoms with Crippen molar-refractivity contribution in [1.29, 1.82) is 0 Å². The van der Waals surface area contributed by atoms with Gasteiger partial charge in [0, 0.05) is 31.1 Å². The lowest BCUT2D eigenvalue weighted by molar-refractivity contribution is -0.118. The third kappa shape index (κ3) is 6.09. The molecule has 1 fully saturated rings. The molecule has 144 valence electrons. The molecule has 1 aliphatic rings. The molecular formula is C22H28N2O2S. The van der Waals surface area contributed by atoms with Crippen LogP contribution in [0.15, 0.2) is 47.4 Å². The molecule has 0 spiro atoms. The first-order chi connectivity index (χ1) is 13.1. The van der Waals surface area contributed by atoms with Crippen LogP contribution >= 0.6 is 11.8 Å². The highest BCUT2D eigenvalue weighted by Crippen LogP contribution is 2.21. The topological polar surface area (TPSA) is 41.6 Å². The van der Waals surface area contributed by atoms with E-state index in [1.807, 2.05) is 6.07 Å². The van der Waals surface area contributed by atoms with Gasteiger partial charge in [0.1, 0.15) is 0 Å². The number of morpholine rings is 1. The Hall–Kier alpha value is -1.82. The second kappa shape index (κ2) is 9.93. The zero-order valence-corrected chi connectivity index (χ0v) is 17.0. The van der Waals surface area contributed by atoms with Crippen LogP contribution in [0.3, 0.4) is 0 Å². The third-order valence-corrected chi connectivity index (χ3v) is 5.93. The molecule has 1 aliphatic heterocycles. The number of nitrogens with zero attached hydrogens (tertiary/aromatic N) is 1. The molecule has 0 radical (unpaired) electrons. The Kier molecular flexibility index (Phi) is 7.33. The molecule has 0 unspecified atom stereocenters. The van der Waals surface area contributed by atoms with Gasteiger partial charge in [-0.1, -0.05) is 30.3 Å². The molecule has 0 aliphatic carbocycles. The Morgan fingerprint density at radius 3 is 2.56 bits per heavy atom. The van der Waals surface area contributed by atoms with Crippen molar-refractivity contribution >= 4 is 17.7 Å². The van der Waals surface area contributed by atoms with E-state index in [1.165, 1.54) is 22.3 Å². The van der Waals surface area contributed by atoms with Gasteiger partial charge in [-0.3, -0.25) is 9.69 Å². The fraction of sp³-hybridized carbons (Fsp3) is 0.409. The number of ether oxygens (including phenoxy) is 1. The fourth-order valence-corrected chi connectivity index (χ4v) is 3.91. The van der Waals surface area contributed by atoms with Crippen LogP contribution in [-0.4, -0.2) is 42.9 Å². The number of nitrogens with one attached hydrogen (secondary N) is 1. The minimum atomic E-state index is 0.0689. The summed E-state index contributed by atoms with van der Waals surface area (Å²) in [5.41, 5.74) is 5.01. The molecule has 0 aromatic heterocycles. The average molecular weight is 385 g/mol. The van der Waals surface area contributed by atoms with Crippen molar-refractivity contribution in [3.63, 3.8) is 0 Å². The number of aryl methyl sites for hydroxylation is 2. The summed E-state index contributed by atoms with van der Waals surface area (Å²) in [6.07, 6.45) is 0. The predicted molar refractivity (Wildman–Crippen MR) is 111 cm³/mol. The zero-order chi connectivity index (χ0) is 19.1. The number of carbonyl (C=O) groups is 1. The minimum absolute atomic E-state index is 0.0689. The van der Waals surface area contributed by atoms with Crippen LogP contribution in [0.5, 0.6) is 0 Å². The van der Waals surface area contributed by atoms with Crippen molar-refractivity contribution in [2.24, 2.45) is 0 Å². The van der Waals surface area contributed by atoms with Gasteiger partial charge in [0.2, 0.25) is 5.91 Å². The lowest BCUT2D eigenvalue weighted by Crippen LogP contribution is -2.36. The Balaban J connectivity index is 1.50. The lowest BCUT2D eigenvalue weighted by Gasteiger charge is -2.27. The molecular weight excluding hydrogens is 356 g/mol. The molecule has 4 nitrogen and oxygen atoms in total. The Morgan fingerprint density at radius 1 is 1.07 bits per heavy atom. The van der Waals surface area contributed by atoms with Crippen LogP contribution in [-0.2, 0) is 22.6 Å². The van der Waals surface area contributed by atoms with Gasteiger partial charge in [-0.15, -0.1) is 11.8 Å². The van der Waals surface area contributed by atoms with E-state index >= 15 is 0 Å². The average Bonchev–Trinajstić information content (AvgIpc) is 2.69. The molecule has 0 bridgehead atoms. The Bertz CT molecular complexity index is 773. The van der Waals surface area contributed by atoms with Gasteiger partial charge in [-0.05, 0) is 48.2 Å². The number of carbonyl (C=O) groups excluding carboxylic acids is 1. The molecule has 2 aromatic carbocycles. The van der Waals surface area contributed by atoms with E-state index in [0.717, 1.165) is 37.7 Å². The second-order valence-electron chi connectivity index (χ2n) is 6.97. The summed E-state index contributed by atoms with van der Waals surface area (Å²) in [4.78, 5) is 15.8. The van der Waals surface area contributed by atoms with Crippen molar-refractivity contribution in [2.45, 2.75) is 31.8 Å². The largest absolute Gasteiger partial charge is 0.379 e. The number of benzene rings is 2. The van der Waals surface area contributed by atoms with Crippen LogP contribution in [0.2, 0.25) is 0 Å². The zero-order valence-electron chi connectivity index (χ0n) is 16.2. The summed E-state index contributed by atoms with van der Waals surface area (Å²) >= 11 is 1.59. The van der Waals surface area contributed by atoms with Crippen molar-refractivity contribution in [1.82, 2.24) is 10.2 Å². The normalized spacial score (nSPS) is 14.9. The summed E-state index contributed by atoms with van der Waals surface area (Å²) in [7, 11) is 0. The van der Waals surface area contributed by atoms with E-state index in [9.17, 15) is 4.79 Å². The van der Waals surface area contributed by atoms with Gasteiger partial charge in [0.05, 0.1) is 19.0 Å². The predicted octanol–water partition coefficient (Wildman–Crippen LogP) is 3.54. The van der Waals surface area contributed by atoms with E-state index < -0.39 is 0 Å². The van der Waals surface area contributed by atoms with Gasteiger partial charge in [-0.25, -0.2) is 0 Å². The Labute approximate surface area is 166 Å². The van der Waals surface area contributed by atoms with Crippen molar-refractivity contribution in [2.75, 3.05) is 32.1 Å². The van der Waals surface area contributed by atoms with Gasteiger partial charge >= 0.3 is 0 Å². The third-order valence-electron chi connectivity index (χ3n) is 4.94. The van der Waals surface area contributed by atoms with Crippen molar-refractivity contribution in [3.05, 3.63) is 64.7 Å². The van der Waals surface area contributed by atoms with Gasteiger partial charge in [0.25, 0.3) is 0 Å². The summed E-state index contributed by atoms with van der Waals surface area (Å²) in [6.45, 7) is 9.22. The molecule has 0 atom stereocenters. The first-order valence-corrected chi connectivity index (χ1v) is 10.4. The number of rotatable bonds is 7. The molecule has 5 heteroatoms. The van der Waals surface area contributed by atoms with Crippen LogP contribution in [0.1, 0.15) is 22.3 Å². The molecule has 1 heterocycles. The number of hydrogen-bond acceptors (Lipinski definition) is 4. The quantitative estimate of drug-likeness (QED) is 0.742. The van der Waals surface area contributed by atoms with Crippen LogP contribution < -0.4 is 5.32 Å². The summed E-state index contributed by atoms with van der Waals surface area (Å²) < 4.78 is 5.42. The molecule has 1 N–H and O–H groups in total. The highest BCUT2D eigenvalue weighted by Gasteiger charge is 2.13. The molecule has 2 aromatic rings. The maximum absolute atomic E-state index is 12.3. The van der Waals surface area contributed by atoms with E-state index in [2.05, 4.69) is 60.5 Å². The van der Waals surface area contributed by atoms with Gasteiger partial charge in [0.15, 0.2) is 0 Å². The molecule has 0 saturated carbocycles. The molecule has 27 heavy (non-hydrogen) atoms. The number of hydrogen-bond donors (Lipinski definition) is 1. The first kappa shape index (κ1) is 19.9. The summed E-state index contributed by atoms with van der Waals surface area (Å²) in [5, 5.41) is 3.07. The summed E-state index contributed by atoms with van der Waals surface area (Å²) in [5.74, 6) is 0.508. The monoisotopic (exact) mass is 384 g/mol. The minimum Gasteiger partial charge on any atom is -0.379 e.